The molecule has 146 valence electrons. The summed E-state index contributed by atoms with van der Waals surface area (Å²) in [7, 11) is -7.67. The van der Waals surface area contributed by atoms with Crippen molar-refractivity contribution in [1.82, 2.24) is 4.98 Å². The quantitative estimate of drug-likeness (QED) is 0.640. The molecule has 9 heteroatoms. The molecule has 0 fully saturated rings. The van der Waals surface area contributed by atoms with E-state index in [0.29, 0.717) is 0 Å². The van der Waals surface area contributed by atoms with E-state index in [2.05, 4.69) is 14.4 Å². The average molecular weight is 418 g/mol. The predicted octanol–water partition coefficient (Wildman–Crippen LogP) is 3.30. The van der Waals surface area contributed by atoms with E-state index >= 15 is 0 Å². The first-order valence-electron chi connectivity index (χ1n) is 8.32. The number of hydrogen-bond donors (Lipinski definition) is 2. The van der Waals surface area contributed by atoms with E-state index in [9.17, 15) is 16.8 Å². The van der Waals surface area contributed by atoms with Gasteiger partial charge in [0, 0.05) is 0 Å². The summed E-state index contributed by atoms with van der Waals surface area (Å²) in [6.45, 7) is 3.71. The molecule has 3 aromatic rings. The Bertz CT molecular complexity index is 1100. The SMILES string of the molecule is Cc1ccc(S(=O)(=O)Nc2cccc(NS(=O)(=O)c3ccc(C)cc3)n2)cc1. The van der Waals surface area contributed by atoms with Crippen molar-refractivity contribution in [2.45, 2.75) is 23.6 Å². The number of anilines is 2. The van der Waals surface area contributed by atoms with Crippen LogP contribution in [0.3, 0.4) is 0 Å². The lowest BCUT2D eigenvalue weighted by Crippen LogP contribution is -2.16. The fourth-order valence-corrected chi connectivity index (χ4v) is 4.38. The molecule has 0 bridgehead atoms. The largest absolute Gasteiger partial charge is 0.263 e. The molecule has 0 aliphatic heterocycles. The van der Waals surface area contributed by atoms with Gasteiger partial charge in [0.05, 0.1) is 9.79 Å². The van der Waals surface area contributed by atoms with Gasteiger partial charge in [0.2, 0.25) is 0 Å². The van der Waals surface area contributed by atoms with Crippen LogP contribution >= 0.6 is 0 Å². The maximum Gasteiger partial charge on any atom is 0.263 e. The second-order valence-electron chi connectivity index (χ2n) is 6.25. The number of pyridine rings is 1. The van der Waals surface area contributed by atoms with Crippen LogP contribution in [-0.2, 0) is 20.0 Å². The lowest BCUT2D eigenvalue weighted by Gasteiger charge is -2.11. The highest BCUT2D eigenvalue weighted by molar-refractivity contribution is 7.93. The third-order valence-electron chi connectivity index (χ3n) is 3.89. The van der Waals surface area contributed by atoms with Crippen LogP contribution in [-0.4, -0.2) is 21.8 Å². The highest BCUT2D eigenvalue weighted by Crippen LogP contribution is 2.19. The van der Waals surface area contributed by atoms with Gasteiger partial charge in [-0.1, -0.05) is 41.5 Å². The average Bonchev–Trinajstić information content (AvgIpc) is 2.62. The number of nitrogens with zero attached hydrogens (tertiary/aromatic N) is 1. The molecule has 7 nitrogen and oxygen atoms in total. The van der Waals surface area contributed by atoms with Crippen LogP contribution in [0.5, 0.6) is 0 Å². The maximum absolute atomic E-state index is 12.5. The van der Waals surface area contributed by atoms with Gasteiger partial charge in [0.25, 0.3) is 20.0 Å². The summed E-state index contributed by atoms with van der Waals surface area (Å²) in [6.07, 6.45) is 0. The lowest BCUT2D eigenvalue weighted by molar-refractivity contribution is 0.599. The molecule has 0 saturated carbocycles. The molecule has 0 spiro atoms. The molecule has 28 heavy (non-hydrogen) atoms. The smallest absolute Gasteiger partial charge is 0.263 e. The van der Waals surface area contributed by atoms with Gasteiger partial charge >= 0.3 is 0 Å². The Morgan fingerprint density at radius 2 is 0.964 bits per heavy atom. The minimum Gasteiger partial charge on any atom is -0.263 e. The number of aryl methyl sites for hydroxylation is 2. The summed E-state index contributed by atoms with van der Waals surface area (Å²) in [5.74, 6) is 0.00867. The third kappa shape index (κ3) is 4.68. The molecule has 0 atom stereocenters. The van der Waals surface area contributed by atoms with Crippen molar-refractivity contribution in [3.63, 3.8) is 0 Å². The molecule has 0 amide bonds. The summed E-state index contributed by atoms with van der Waals surface area (Å²) in [4.78, 5) is 4.23. The monoisotopic (exact) mass is 417 g/mol. The molecular weight excluding hydrogens is 398 g/mol. The summed E-state index contributed by atoms with van der Waals surface area (Å²) >= 11 is 0. The zero-order chi connectivity index (χ0) is 20.4. The molecule has 0 unspecified atom stereocenters. The van der Waals surface area contributed by atoms with Crippen LogP contribution < -0.4 is 9.44 Å². The Balaban J connectivity index is 1.82. The highest BCUT2D eigenvalue weighted by Gasteiger charge is 2.17. The molecule has 0 saturated heterocycles. The molecule has 2 N–H and O–H groups in total. The van der Waals surface area contributed by atoms with Gasteiger partial charge in [-0.15, -0.1) is 0 Å². The van der Waals surface area contributed by atoms with E-state index in [-0.39, 0.29) is 21.4 Å². The molecular formula is C19H19N3O4S2. The molecule has 0 aliphatic rings. The van der Waals surface area contributed by atoms with Crippen molar-refractivity contribution >= 4 is 31.7 Å². The predicted molar refractivity (Wildman–Crippen MR) is 108 cm³/mol. The summed E-state index contributed by atoms with van der Waals surface area (Å²) in [6, 6.07) is 17.1. The highest BCUT2D eigenvalue weighted by atomic mass is 32.2. The fourth-order valence-electron chi connectivity index (χ4n) is 2.38. The zero-order valence-electron chi connectivity index (χ0n) is 15.2. The van der Waals surface area contributed by atoms with Crippen molar-refractivity contribution in [3.05, 3.63) is 77.9 Å². The van der Waals surface area contributed by atoms with Gasteiger partial charge in [-0.05, 0) is 50.2 Å². The van der Waals surface area contributed by atoms with E-state index in [4.69, 9.17) is 0 Å². The van der Waals surface area contributed by atoms with Crippen LogP contribution in [0.2, 0.25) is 0 Å². The molecule has 2 aromatic carbocycles. The van der Waals surface area contributed by atoms with E-state index in [1.165, 1.54) is 42.5 Å². The first-order valence-corrected chi connectivity index (χ1v) is 11.3. The van der Waals surface area contributed by atoms with Crippen molar-refractivity contribution in [2.24, 2.45) is 0 Å². The first-order chi connectivity index (χ1) is 13.2. The molecule has 0 radical (unpaired) electrons. The number of aromatic nitrogens is 1. The number of rotatable bonds is 6. The van der Waals surface area contributed by atoms with Crippen LogP contribution in [0.4, 0.5) is 11.6 Å². The van der Waals surface area contributed by atoms with Crippen molar-refractivity contribution in [2.75, 3.05) is 9.44 Å². The van der Waals surface area contributed by atoms with E-state index in [1.807, 2.05) is 13.8 Å². The first kappa shape index (κ1) is 19.8. The molecule has 1 heterocycles. The van der Waals surface area contributed by atoms with Crippen molar-refractivity contribution in [3.8, 4) is 0 Å². The van der Waals surface area contributed by atoms with Crippen LogP contribution in [0.25, 0.3) is 0 Å². The molecule has 0 aliphatic carbocycles. The van der Waals surface area contributed by atoms with Gasteiger partial charge in [0.1, 0.15) is 11.6 Å². The molecule has 3 rings (SSSR count). The Hall–Kier alpha value is -2.91. The van der Waals surface area contributed by atoms with E-state index in [0.717, 1.165) is 11.1 Å². The zero-order valence-corrected chi connectivity index (χ0v) is 16.9. The van der Waals surface area contributed by atoms with Crippen LogP contribution in [0, 0.1) is 13.8 Å². The summed E-state index contributed by atoms with van der Waals surface area (Å²) < 4.78 is 54.6. The number of benzene rings is 2. The Morgan fingerprint density at radius 1 is 0.607 bits per heavy atom. The summed E-state index contributed by atoms with van der Waals surface area (Å²) in [5, 5.41) is 0. The molecule has 1 aromatic heterocycles. The van der Waals surface area contributed by atoms with Crippen LogP contribution in [0.1, 0.15) is 11.1 Å². The van der Waals surface area contributed by atoms with Gasteiger partial charge in [0.15, 0.2) is 0 Å². The normalized spacial score (nSPS) is 11.8. The van der Waals surface area contributed by atoms with Crippen LogP contribution in [0.15, 0.2) is 76.5 Å². The number of sulfonamides is 2. The van der Waals surface area contributed by atoms with E-state index in [1.54, 1.807) is 24.3 Å². The van der Waals surface area contributed by atoms with Crippen molar-refractivity contribution in [1.29, 1.82) is 0 Å². The van der Waals surface area contributed by atoms with Crippen molar-refractivity contribution < 1.29 is 16.8 Å². The summed E-state index contributed by atoms with van der Waals surface area (Å²) in [5.41, 5.74) is 1.87. The van der Waals surface area contributed by atoms with Gasteiger partial charge in [-0.2, -0.15) is 0 Å². The second kappa shape index (κ2) is 7.61. The lowest BCUT2D eigenvalue weighted by atomic mass is 10.2. The van der Waals surface area contributed by atoms with Gasteiger partial charge in [-0.3, -0.25) is 9.44 Å². The Morgan fingerprint density at radius 3 is 1.32 bits per heavy atom. The van der Waals surface area contributed by atoms with E-state index < -0.39 is 20.0 Å². The minimum atomic E-state index is -3.84. The minimum absolute atomic E-state index is 0.00433. The standard InChI is InChI=1S/C19H19N3O4S2/c1-14-6-10-16(11-7-14)27(23,24)21-18-4-3-5-19(20-18)22-28(25,26)17-12-8-15(2)9-13-17/h3-13H,1-2H3,(H2,20,21,22). The maximum atomic E-state index is 12.5. The van der Waals surface area contributed by atoms with Gasteiger partial charge in [-0.25, -0.2) is 21.8 Å². The third-order valence-corrected chi connectivity index (χ3v) is 6.63. The number of hydrogen-bond acceptors (Lipinski definition) is 5. The fraction of sp³-hybridized carbons (Fsp3) is 0.105. The topological polar surface area (TPSA) is 105 Å². The van der Waals surface area contributed by atoms with Gasteiger partial charge < -0.3 is 0 Å². The number of nitrogens with one attached hydrogen (secondary N) is 2. The Labute approximate surface area is 164 Å². The second-order valence-corrected chi connectivity index (χ2v) is 9.61. The Kier molecular flexibility index (Phi) is 5.39.